The van der Waals surface area contributed by atoms with Crippen molar-refractivity contribution in [3.05, 3.63) is 54.1 Å². The average molecular weight is 579 g/mol. The number of anilines is 1. The van der Waals surface area contributed by atoms with Crippen molar-refractivity contribution in [2.24, 2.45) is 0 Å². The van der Waals surface area contributed by atoms with E-state index >= 15 is 0 Å². The molecule has 1 heterocycles. The van der Waals surface area contributed by atoms with E-state index in [1.54, 1.807) is 24.3 Å². The molecule has 8 nitrogen and oxygen atoms in total. The van der Waals surface area contributed by atoms with Gasteiger partial charge >= 0.3 is 0 Å². The highest BCUT2D eigenvalue weighted by Crippen LogP contribution is 2.24. The van der Waals surface area contributed by atoms with Crippen LogP contribution in [0.3, 0.4) is 0 Å². The Morgan fingerprint density at radius 1 is 0.923 bits per heavy atom. The van der Waals surface area contributed by atoms with E-state index in [1.165, 1.54) is 24.8 Å². The third-order valence-electron chi connectivity index (χ3n) is 7.42. The Bertz CT molecular complexity index is 1130. The summed E-state index contributed by atoms with van der Waals surface area (Å²) in [5.41, 5.74) is 1.73. The highest BCUT2D eigenvalue weighted by molar-refractivity contribution is 7.92. The molecule has 1 aliphatic carbocycles. The summed E-state index contributed by atoms with van der Waals surface area (Å²) in [6.45, 7) is 4.99. The fourth-order valence-corrected chi connectivity index (χ4v) is 5.90. The monoisotopic (exact) mass is 578 g/mol. The standard InChI is InChI=1S/C29H42N4O4S.ClH/c1-3-28(29(34)31-23-7-5-4-6-8-23)30-24-17-19-33(20-18-24)21-22-9-13-26(14-10-22)37-27-15-11-25(12-16-27)32-38(2,35)36;/h9-16,23-24,28,30,32H,3-8,17-21H2,1-2H3,(H,31,34);1H. The van der Waals surface area contributed by atoms with Gasteiger partial charge in [-0.05, 0) is 87.2 Å². The molecule has 10 heteroatoms. The maximum atomic E-state index is 12.8. The predicted molar refractivity (Wildman–Crippen MR) is 159 cm³/mol. The molecule has 4 rings (SSSR count). The number of nitrogens with one attached hydrogen (secondary N) is 3. The molecule has 2 aromatic rings. The Hall–Kier alpha value is -2.33. The van der Waals surface area contributed by atoms with Crippen molar-refractivity contribution in [3.63, 3.8) is 0 Å². The first kappa shape index (κ1) is 31.2. The second-order valence-corrected chi connectivity index (χ2v) is 12.4. The predicted octanol–water partition coefficient (Wildman–Crippen LogP) is 5.05. The van der Waals surface area contributed by atoms with Gasteiger partial charge < -0.3 is 15.4 Å². The lowest BCUT2D eigenvalue weighted by molar-refractivity contribution is -0.124. The van der Waals surface area contributed by atoms with Crippen LogP contribution in [0.25, 0.3) is 0 Å². The number of hydrogen-bond acceptors (Lipinski definition) is 6. The largest absolute Gasteiger partial charge is 0.457 e. The number of hydrogen-bond donors (Lipinski definition) is 3. The summed E-state index contributed by atoms with van der Waals surface area (Å²) < 4.78 is 31.0. The molecule has 2 fully saturated rings. The summed E-state index contributed by atoms with van der Waals surface area (Å²) in [5.74, 6) is 1.55. The molecule has 1 saturated heterocycles. The van der Waals surface area contributed by atoms with Crippen molar-refractivity contribution >= 4 is 34.0 Å². The zero-order valence-corrected chi connectivity index (χ0v) is 24.7. The molecule has 3 N–H and O–H groups in total. The zero-order valence-electron chi connectivity index (χ0n) is 23.0. The van der Waals surface area contributed by atoms with Crippen LogP contribution in [-0.2, 0) is 21.4 Å². The average Bonchev–Trinajstić information content (AvgIpc) is 2.90. The number of nitrogens with zero attached hydrogens (tertiary/aromatic N) is 1. The number of piperidine rings is 1. The van der Waals surface area contributed by atoms with E-state index in [9.17, 15) is 13.2 Å². The molecule has 1 aliphatic heterocycles. The van der Waals surface area contributed by atoms with Crippen LogP contribution < -0.4 is 20.1 Å². The van der Waals surface area contributed by atoms with Crippen LogP contribution in [0.4, 0.5) is 5.69 Å². The number of sulfonamides is 1. The van der Waals surface area contributed by atoms with E-state index in [4.69, 9.17) is 4.74 Å². The molecule has 2 aliphatic rings. The molecule has 0 bridgehead atoms. The number of carbonyl (C=O) groups is 1. The molecule has 1 unspecified atom stereocenters. The molecule has 0 aromatic heterocycles. The van der Waals surface area contributed by atoms with Gasteiger partial charge in [0.1, 0.15) is 11.5 Å². The van der Waals surface area contributed by atoms with E-state index in [2.05, 4.69) is 39.3 Å². The molecule has 2 aromatic carbocycles. The Labute approximate surface area is 239 Å². The van der Waals surface area contributed by atoms with Crippen molar-refractivity contribution < 1.29 is 17.9 Å². The molecule has 0 radical (unpaired) electrons. The first-order valence-corrected chi connectivity index (χ1v) is 15.8. The summed E-state index contributed by atoms with van der Waals surface area (Å²) in [6.07, 6.45) is 10.00. The van der Waals surface area contributed by atoms with Crippen molar-refractivity contribution in [1.82, 2.24) is 15.5 Å². The fraction of sp³-hybridized carbons (Fsp3) is 0.552. The maximum absolute atomic E-state index is 12.8. The lowest BCUT2D eigenvalue weighted by Gasteiger charge is -2.34. The van der Waals surface area contributed by atoms with Crippen LogP contribution in [0.5, 0.6) is 11.5 Å². The minimum Gasteiger partial charge on any atom is -0.457 e. The summed E-state index contributed by atoms with van der Waals surface area (Å²) in [4.78, 5) is 15.3. The fourth-order valence-electron chi connectivity index (χ4n) is 5.33. The lowest BCUT2D eigenvalue weighted by Crippen LogP contribution is -2.53. The van der Waals surface area contributed by atoms with Crippen LogP contribution in [0.2, 0.25) is 0 Å². The highest BCUT2D eigenvalue weighted by atomic mass is 35.5. The van der Waals surface area contributed by atoms with Crippen LogP contribution in [0.15, 0.2) is 48.5 Å². The molecule has 0 spiro atoms. The minimum absolute atomic E-state index is 0. The van der Waals surface area contributed by atoms with Crippen LogP contribution in [0.1, 0.15) is 63.9 Å². The van der Waals surface area contributed by atoms with E-state index < -0.39 is 10.0 Å². The number of halogens is 1. The Morgan fingerprint density at radius 3 is 2.08 bits per heavy atom. The van der Waals surface area contributed by atoms with Crippen molar-refractivity contribution in [2.75, 3.05) is 24.1 Å². The summed E-state index contributed by atoms with van der Waals surface area (Å²) >= 11 is 0. The molecular formula is C29H43ClN4O4S. The van der Waals surface area contributed by atoms with Gasteiger partial charge in [0.05, 0.1) is 12.3 Å². The quantitative estimate of drug-likeness (QED) is 0.345. The number of rotatable bonds is 11. The third kappa shape index (κ3) is 10.3. The van der Waals surface area contributed by atoms with Crippen LogP contribution in [-0.4, -0.2) is 56.7 Å². The van der Waals surface area contributed by atoms with Crippen molar-refractivity contribution in [3.8, 4) is 11.5 Å². The van der Waals surface area contributed by atoms with E-state index in [-0.39, 0.29) is 24.4 Å². The van der Waals surface area contributed by atoms with Crippen molar-refractivity contribution in [2.45, 2.75) is 83.0 Å². The van der Waals surface area contributed by atoms with Crippen LogP contribution in [0, 0.1) is 0 Å². The van der Waals surface area contributed by atoms with E-state index in [1.807, 2.05) is 12.1 Å². The van der Waals surface area contributed by atoms with Gasteiger partial charge in [0, 0.05) is 24.3 Å². The highest BCUT2D eigenvalue weighted by Gasteiger charge is 2.26. The normalized spacial score (nSPS) is 18.1. The zero-order chi connectivity index (χ0) is 27.0. The van der Waals surface area contributed by atoms with E-state index in [0.717, 1.165) is 63.7 Å². The second-order valence-electron chi connectivity index (χ2n) is 10.7. The van der Waals surface area contributed by atoms with Crippen molar-refractivity contribution in [1.29, 1.82) is 0 Å². The van der Waals surface area contributed by atoms with Gasteiger partial charge in [0.15, 0.2) is 0 Å². The molecule has 39 heavy (non-hydrogen) atoms. The summed E-state index contributed by atoms with van der Waals surface area (Å²) in [5, 5.41) is 6.92. The Kier molecular flexibility index (Phi) is 11.9. The molecule has 1 saturated carbocycles. The second kappa shape index (κ2) is 14.9. The van der Waals surface area contributed by atoms with Gasteiger partial charge in [-0.3, -0.25) is 14.4 Å². The molecular weight excluding hydrogens is 536 g/mol. The van der Waals surface area contributed by atoms with Gasteiger partial charge in [-0.25, -0.2) is 8.42 Å². The number of amides is 1. The topological polar surface area (TPSA) is 99.8 Å². The minimum atomic E-state index is -3.30. The first-order chi connectivity index (χ1) is 18.3. The number of carbonyl (C=O) groups excluding carboxylic acids is 1. The molecule has 1 atom stereocenters. The van der Waals surface area contributed by atoms with Crippen LogP contribution >= 0.6 is 12.4 Å². The first-order valence-electron chi connectivity index (χ1n) is 13.9. The number of likely N-dealkylation sites (tertiary alicyclic amines) is 1. The number of ether oxygens (including phenoxy) is 1. The maximum Gasteiger partial charge on any atom is 0.237 e. The summed E-state index contributed by atoms with van der Waals surface area (Å²) in [6, 6.07) is 15.6. The van der Waals surface area contributed by atoms with Gasteiger partial charge in [0.25, 0.3) is 0 Å². The lowest BCUT2D eigenvalue weighted by atomic mass is 9.95. The summed E-state index contributed by atoms with van der Waals surface area (Å²) in [7, 11) is -3.30. The van der Waals surface area contributed by atoms with Gasteiger partial charge in [-0.1, -0.05) is 38.3 Å². The molecule has 1 amide bonds. The van der Waals surface area contributed by atoms with Gasteiger partial charge in [-0.15, -0.1) is 12.4 Å². The SMILES string of the molecule is CCC(NC1CCN(Cc2ccc(Oc3ccc(NS(C)(=O)=O)cc3)cc2)CC1)C(=O)NC1CCCCC1.Cl. The molecule has 216 valence electrons. The number of benzene rings is 2. The van der Waals surface area contributed by atoms with Gasteiger partial charge in [0.2, 0.25) is 15.9 Å². The smallest absolute Gasteiger partial charge is 0.237 e. The Morgan fingerprint density at radius 2 is 1.51 bits per heavy atom. The Balaban J connectivity index is 0.00000420. The van der Waals surface area contributed by atoms with E-state index in [0.29, 0.717) is 23.5 Å². The third-order valence-corrected chi connectivity index (χ3v) is 8.03. The van der Waals surface area contributed by atoms with Gasteiger partial charge in [-0.2, -0.15) is 0 Å².